The predicted octanol–water partition coefficient (Wildman–Crippen LogP) is 5.53. The Kier molecular flexibility index (Phi) is 6.57. The highest BCUT2D eigenvalue weighted by molar-refractivity contribution is 8.16. The molecule has 1 fully saturated rings. The fourth-order valence-electron chi connectivity index (χ4n) is 2.48. The highest BCUT2D eigenvalue weighted by Gasteiger charge is 2.16. The van der Waals surface area contributed by atoms with Crippen molar-refractivity contribution in [3.63, 3.8) is 0 Å². The molecule has 1 aliphatic heterocycles. The number of carbonyl (C=O) groups is 1. The second kappa shape index (κ2) is 8.88. The molecule has 2 aromatic rings. The van der Waals surface area contributed by atoms with E-state index in [0.717, 1.165) is 5.56 Å². The van der Waals surface area contributed by atoms with Gasteiger partial charge < -0.3 is 10.1 Å². The summed E-state index contributed by atoms with van der Waals surface area (Å²) in [5.41, 5.74) is 2.87. The van der Waals surface area contributed by atoms with Crippen molar-refractivity contribution in [2.24, 2.45) is 0 Å². The smallest absolute Gasteiger partial charge is 0.262 e. The van der Waals surface area contributed by atoms with E-state index in [1.807, 2.05) is 54.7 Å². The first-order chi connectivity index (χ1) is 12.1. The minimum atomic E-state index is -0.201. The first kappa shape index (κ1) is 18.5. The molecular weight excluding hydrogens is 374 g/mol. The lowest BCUT2D eigenvalue weighted by molar-refractivity contribution is -0.118. The number of carbonyl (C=O) groups excluding carboxylic acids is 1. The van der Waals surface area contributed by atoms with Crippen LogP contribution in [0.25, 0.3) is 0 Å². The van der Waals surface area contributed by atoms with Gasteiger partial charge in [0.25, 0.3) is 5.91 Å². The number of hydrogen-bond acceptors (Lipinski definition) is 4. The van der Waals surface area contributed by atoms with Crippen molar-refractivity contribution in [2.75, 3.05) is 23.4 Å². The molecule has 0 spiro atoms. The molecule has 0 atom stereocenters. The van der Waals surface area contributed by atoms with Gasteiger partial charge in [-0.05, 0) is 60.2 Å². The van der Waals surface area contributed by atoms with E-state index in [9.17, 15) is 4.79 Å². The van der Waals surface area contributed by atoms with Gasteiger partial charge in [-0.15, -0.1) is 23.5 Å². The van der Waals surface area contributed by atoms with E-state index in [0.29, 0.717) is 21.0 Å². The van der Waals surface area contributed by atoms with E-state index < -0.39 is 0 Å². The molecule has 0 saturated carbocycles. The van der Waals surface area contributed by atoms with Crippen molar-refractivity contribution >= 4 is 46.7 Å². The number of anilines is 1. The van der Waals surface area contributed by atoms with Gasteiger partial charge in [0.1, 0.15) is 5.75 Å². The molecule has 1 aliphatic rings. The third-order valence-electron chi connectivity index (χ3n) is 3.89. The fraction of sp³-hybridized carbons (Fsp3) is 0.316. The number of benzene rings is 2. The van der Waals surface area contributed by atoms with Crippen molar-refractivity contribution in [3.8, 4) is 5.75 Å². The molecule has 3 nitrogen and oxygen atoms in total. The summed E-state index contributed by atoms with van der Waals surface area (Å²) in [7, 11) is 0. The normalized spacial score (nSPS) is 15.0. The van der Waals surface area contributed by atoms with Crippen LogP contribution in [0.5, 0.6) is 5.75 Å². The van der Waals surface area contributed by atoms with Gasteiger partial charge in [0.15, 0.2) is 6.61 Å². The first-order valence-electron chi connectivity index (χ1n) is 8.14. The van der Waals surface area contributed by atoms with E-state index >= 15 is 0 Å². The molecule has 0 unspecified atom stereocenters. The molecule has 0 aromatic heterocycles. The molecule has 132 valence electrons. The Hall–Kier alpha value is -1.30. The Labute approximate surface area is 161 Å². The molecule has 0 bridgehead atoms. The second-order valence-corrected chi connectivity index (χ2v) is 8.88. The molecule has 1 heterocycles. The molecule has 1 amide bonds. The van der Waals surface area contributed by atoms with E-state index in [1.165, 1.54) is 23.5 Å². The zero-order valence-corrected chi connectivity index (χ0v) is 16.3. The molecule has 3 rings (SSSR count). The Morgan fingerprint density at radius 3 is 2.64 bits per heavy atom. The molecule has 1 N–H and O–H groups in total. The van der Waals surface area contributed by atoms with Crippen LogP contribution in [0.1, 0.15) is 22.1 Å². The SMILES string of the molecule is Cc1c(Cl)cccc1NC(=O)COc1ccc(C2SCCCS2)cc1. The van der Waals surface area contributed by atoms with Crippen LogP contribution in [-0.2, 0) is 4.79 Å². The summed E-state index contributed by atoms with van der Waals surface area (Å²) < 4.78 is 6.10. The number of halogens is 1. The van der Waals surface area contributed by atoms with Gasteiger partial charge in [0.2, 0.25) is 0 Å². The molecular formula is C19H20ClNO2S2. The van der Waals surface area contributed by atoms with Crippen LogP contribution >= 0.6 is 35.1 Å². The topological polar surface area (TPSA) is 38.3 Å². The third-order valence-corrected chi connectivity index (χ3v) is 7.32. The van der Waals surface area contributed by atoms with Crippen molar-refractivity contribution in [1.82, 2.24) is 0 Å². The van der Waals surface area contributed by atoms with Crippen molar-refractivity contribution in [3.05, 3.63) is 58.6 Å². The zero-order valence-electron chi connectivity index (χ0n) is 14.0. The van der Waals surface area contributed by atoms with Crippen LogP contribution in [0.4, 0.5) is 5.69 Å². The van der Waals surface area contributed by atoms with Gasteiger partial charge in [0, 0.05) is 10.7 Å². The average Bonchev–Trinajstić information content (AvgIpc) is 2.65. The Morgan fingerprint density at radius 1 is 1.20 bits per heavy atom. The number of nitrogens with one attached hydrogen (secondary N) is 1. The first-order valence-corrected chi connectivity index (χ1v) is 10.6. The lowest BCUT2D eigenvalue weighted by Gasteiger charge is -2.21. The van der Waals surface area contributed by atoms with Gasteiger partial charge in [-0.25, -0.2) is 0 Å². The quantitative estimate of drug-likeness (QED) is 0.724. The van der Waals surface area contributed by atoms with E-state index in [2.05, 4.69) is 17.4 Å². The summed E-state index contributed by atoms with van der Waals surface area (Å²) in [5.74, 6) is 2.94. The maximum Gasteiger partial charge on any atom is 0.262 e. The van der Waals surface area contributed by atoms with E-state index in [-0.39, 0.29) is 12.5 Å². The number of thioether (sulfide) groups is 2. The third kappa shape index (κ3) is 5.09. The van der Waals surface area contributed by atoms with Gasteiger partial charge in [-0.1, -0.05) is 29.8 Å². The summed E-state index contributed by atoms with van der Waals surface area (Å²) in [6.45, 7) is 1.84. The monoisotopic (exact) mass is 393 g/mol. The highest BCUT2D eigenvalue weighted by atomic mass is 35.5. The molecule has 0 aliphatic carbocycles. The molecule has 2 aromatic carbocycles. The standard InChI is InChI=1S/C19H20ClNO2S2/c1-13-16(20)4-2-5-17(13)21-18(22)12-23-15-8-6-14(7-9-15)19-24-10-3-11-25-19/h2,4-9,19H,3,10-12H2,1H3,(H,21,22). The molecule has 0 radical (unpaired) electrons. The maximum atomic E-state index is 12.1. The molecule has 6 heteroatoms. The zero-order chi connectivity index (χ0) is 17.6. The van der Waals surface area contributed by atoms with E-state index in [1.54, 1.807) is 6.07 Å². The minimum Gasteiger partial charge on any atom is -0.484 e. The summed E-state index contributed by atoms with van der Waals surface area (Å²) in [6.07, 6.45) is 1.29. The van der Waals surface area contributed by atoms with Crippen molar-refractivity contribution in [1.29, 1.82) is 0 Å². The van der Waals surface area contributed by atoms with Crippen LogP contribution in [0.3, 0.4) is 0 Å². The maximum absolute atomic E-state index is 12.1. The van der Waals surface area contributed by atoms with Crippen LogP contribution in [-0.4, -0.2) is 24.0 Å². The van der Waals surface area contributed by atoms with Gasteiger partial charge >= 0.3 is 0 Å². The highest BCUT2D eigenvalue weighted by Crippen LogP contribution is 2.43. The summed E-state index contributed by atoms with van der Waals surface area (Å²) in [4.78, 5) is 12.1. The second-order valence-electron chi connectivity index (χ2n) is 5.75. The Bertz CT molecular complexity index is 731. The molecule has 25 heavy (non-hydrogen) atoms. The minimum absolute atomic E-state index is 0.0295. The van der Waals surface area contributed by atoms with E-state index in [4.69, 9.17) is 16.3 Å². The van der Waals surface area contributed by atoms with Gasteiger partial charge in [-0.3, -0.25) is 4.79 Å². The predicted molar refractivity (Wildman–Crippen MR) is 109 cm³/mol. The average molecular weight is 394 g/mol. The van der Waals surface area contributed by atoms with Crippen molar-refractivity contribution < 1.29 is 9.53 Å². The number of ether oxygens (including phenoxy) is 1. The number of hydrogen-bond donors (Lipinski definition) is 1. The summed E-state index contributed by atoms with van der Waals surface area (Å²) in [5, 5.41) is 3.46. The van der Waals surface area contributed by atoms with Gasteiger partial charge in [0.05, 0.1) is 4.58 Å². The summed E-state index contributed by atoms with van der Waals surface area (Å²) >= 11 is 10.0. The van der Waals surface area contributed by atoms with Crippen LogP contribution in [0.15, 0.2) is 42.5 Å². The Morgan fingerprint density at radius 2 is 1.92 bits per heavy atom. The lowest BCUT2D eigenvalue weighted by Crippen LogP contribution is -2.20. The lowest BCUT2D eigenvalue weighted by atomic mass is 10.2. The number of rotatable bonds is 5. The van der Waals surface area contributed by atoms with Crippen LogP contribution in [0.2, 0.25) is 5.02 Å². The fourth-order valence-corrected chi connectivity index (χ4v) is 5.55. The van der Waals surface area contributed by atoms with Gasteiger partial charge in [-0.2, -0.15) is 0 Å². The van der Waals surface area contributed by atoms with Crippen molar-refractivity contribution in [2.45, 2.75) is 17.9 Å². The Balaban J connectivity index is 1.52. The number of amides is 1. The summed E-state index contributed by atoms with van der Waals surface area (Å²) in [6, 6.07) is 13.5. The molecule has 1 saturated heterocycles. The van der Waals surface area contributed by atoms with Crippen LogP contribution < -0.4 is 10.1 Å². The largest absolute Gasteiger partial charge is 0.484 e. The van der Waals surface area contributed by atoms with Crippen LogP contribution in [0, 0.1) is 6.92 Å².